The molecule has 144 valence electrons. The Balaban J connectivity index is 1.74. The van der Waals surface area contributed by atoms with E-state index in [4.69, 9.17) is 21.1 Å². The Kier molecular flexibility index (Phi) is 6.01. The van der Waals surface area contributed by atoms with Crippen molar-refractivity contribution in [3.05, 3.63) is 71.0 Å². The number of pyridine rings is 1. The van der Waals surface area contributed by atoms with Gasteiger partial charge >= 0.3 is 0 Å². The summed E-state index contributed by atoms with van der Waals surface area (Å²) in [4.78, 5) is 16.6. The van der Waals surface area contributed by atoms with Gasteiger partial charge in [0.25, 0.3) is 5.91 Å². The van der Waals surface area contributed by atoms with Crippen molar-refractivity contribution in [2.45, 2.75) is 6.92 Å². The molecule has 1 amide bonds. The fraction of sp³-hybridized carbons (Fsp3) is 0.143. The molecule has 28 heavy (non-hydrogen) atoms. The Morgan fingerprint density at radius 3 is 2.25 bits per heavy atom. The fourth-order valence-electron chi connectivity index (χ4n) is 2.55. The van der Waals surface area contributed by atoms with Gasteiger partial charge in [-0.05, 0) is 31.2 Å². The minimum atomic E-state index is -0.277. The monoisotopic (exact) mass is 397 g/mol. The maximum absolute atomic E-state index is 12.3. The Labute approximate surface area is 168 Å². The maximum atomic E-state index is 12.3. The summed E-state index contributed by atoms with van der Waals surface area (Å²) in [5.74, 6) is 0.806. The van der Waals surface area contributed by atoms with E-state index in [9.17, 15) is 4.79 Å². The van der Waals surface area contributed by atoms with Crippen LogP contribution in [-0.4, -0.2) is 25.1 Å². The summed E-state index contributed by atoms with van der Waals surface area (Å²) >= 11 is 6.12. The number of ether oxygens (including phenoxy) is 2. The van der Waals surface area contributed by atoms with Gasteiger partial charge in [0.1, 0.15) is 17.2 Å². The number of nitrogens with zero attached hydrogens (tertiary/aromatic N) is 1. The van der Waals surface area contributed by atoms with E-state index in [0.29, 0.717) is 33.6 Å². The topological polar surface area (TPSA) is 72.5 Å². The van der Waals surface area contributed by atoms with Crippen molar-refractivity contribution in [1.82, 2.24) is 4.98 Å². The van der Waals surface area contributed by atoms with Crippen LogP contribution in [0.4, 0.5) is 17.1 Å². The molecule has 0 aliphatic rings. The lowest BCUT2D eigenvalue weighted by Crippen LogP contribution is -2.13. The van der Waals surface area contributed by atoms with E-state index >= 15 is 0 Å². The van der Waals surface area contributed by atoms with E-state index in [1.165, 1.54) is 0 Å². The molecule has 1 aromatic heterocycles. The van der Waals surface area contributed by atoms with Crippen LogP contribution >= 0.6 is 11.6 Å². The van der Waals surface area contributed by atoms with Gasteiger partial charge < -0.3 is 20.1 Å². The van der Waals surface area contributed by atoms with Crippen molar-refractivity contribution in [3.63, 3.8) is 0 Å². The van der Waals surface area contributed by atoms with Crippen LogP contribution < -0.4 is 20.1 Å². The van der Waals surface area contributed by atoms with Gasteiger partial charge in [-0.25, -0.2) is 4.98 Å². The number of methoxy groups -OCH3 is 2. The van der Waals surface area contributed by atoms with Crippen molar-refractivity contribution < 1.29 is 14.3 Å². The number of carbonyl (C=O) groups is 1. The molecule has 0 bridgehead atoms. The summed E-state index contributed by atoms with van der Waals surface area (Å²) in [6, 6.07) is 14.4. The van der Waals surface area contributed by atoms with Gasteiger partial charge in [0.15, 0.2) is 0 Å². The Bertz CT molecular complexity index is 973. The summed E-state index contributed by atoms with van der Waals surface area (Å²) in [6.07, 6.45) is 1.57. The van der Waals surface area contributed by atoms with Crippen molar-refractivity contribution in [3.8, 4) is 11.5 Å². The van der Waals surface area contributed by atoms with Gasteiger partial charge in [-0.15, -0.1) is 0 Å². The first kappa shape index (κ1) is 19.5. The van der Waals surface area contributed by atoms with E-state index in [2.05, 4.69) is 15.6 Å². The quantitative estimate of drug-likeness (QED) is 0.608. The molecule has 0 aliphatic heterocycles. The molecule has 3 aromatic rings. The van der Waals surface area contributed by atoms with Gasteiger partial charge in [0.2, 0.25) is 0 Å². The highest BCUT2D eigenvalue weighted by molar-refractivity contribution is 6.32. The zero-order valence-corrected chi connectivity index (χ0v) is 16.5. The number of benzene rings is 2. The van der Waals surface area contributed by atoms with Gasteiger partial charge in [-0.3, -0.25) is 4.79 Å². The second-order valence-electron chi connectivity index (χ2n) is 6.06. The molecule has 7 heteroatoms. The van der Waals surface area contributed by atoms with Crippen molar-refractivity contribution in [1.29, 1.82) is 0 Å². The van der Waals surface area contributed by atoms with E-state index in [1.807, 2.05) is 31.2 Å². The highest BCUT2D eigenvalue weighted by atomic mass is 35.5. The zero-order chi connectivity index (χ0) is 20.1. The Hall–Kier alpha value is -3.25. The van der Waals surface area contributed by atoms with Crippen LogP contribution in [0.2, 0.25) is 5.02 Å². The highest BCUT2D eigenvalue weighted by Crippen LogP contribution is 2.37. The van der Waals surface area contributed by atoms with Crippen LogP contribution in [0, 0.1) is 6.92 Å². The second-order valence-corrected chi connectivity index (χ2v) is 6.47. The van der Waals surface area contributed by atoms with Crippen LogP contribution in [0.5, 0.6) is 11.5 Å². The number of nitrogens with one attached hydrogen (secondary N) is 2. The first-order valence-electron chi connectivity index (χ1n) is 8.53. The van der Waals surface area contributed by atoms with Gasteiger partial charge in [-0.1, -0.05) is 29.3 Å². The van der Waals surface area contributed by atoms with E-state index in [1.54, 1.807) is 44.7 Å². The van der Waals surface area contributed by atoms with Crippen LogP contribution in [-0.2, 0) is 0 Å². The number of anilines is 3. The molecular weight excluding hydrogens is 378 g/mol. The van der Waals surface area contributed by atoms with Gasteiger partial charge in [0.05, 0.1) is 36.8 Å². The maximum Gasteiger partial charge on any atom is 0.274 e. The number of hydrogen-bond donors (Lipinski definition) is 2. The molecule has 1 heterocycles. The zero-order valence-electron chi connectivity index (χ0n) is 15.7. The molecule has 6 nitrogen and oxygen atoms in total. The lowest BCUT2D eigenvalue weighted by molar-refractivity contribution is 0.102. The molecule has 2 aromatic carbocycles. The predicted molar refractivity (Wildman–Crippen MR) is 111 cm³/mol. The number of amides is 1. The molecule has 0 unspecified atom stereocenters. The molecule has 0 spiro atoms. The first-order valence-corrected chi connectivity index (χ1v) is 8.90. The third kappa shape index (κ3) is 4.53. The average molecular weight is 398 g/mol. The van der Waals surface area contributed by atoms with E-state index < -0.39 is 0 Å². The standard InChI is InChI=1S/C21H20ClN3O3/c1-13-4-6-14(7-5-13)25-21(26)17-9-8-15(12-23-17)24-18-11-19(27-2)16(22)10-20(18)28-3/h4-12,24H,1-3H3,(H,25,26). The fourth-order valence-corrected chi connectivity index (χ4v) is 2.78. The molecule has 0 atom stereocenters. The molecule has 0 radical (unpaired) electrons. The average Bonchev–Trinajstić information content (AvgIpc) is 2.71. The van der Waals surface area contributed by atoms with Gasteiger partial charge in [-0.2, -0.15) is 0 Å². The van der Waals surface area contributed by atoms with Crippen molar-refractivity contribution in [2.24, 2.45) is 0 Å². The SMILES string of the molecule is COc1cc(Nc2ccc(C(=O)Nc3ccc(C)cc3)nc2)c(OC)cc1Cl. The number of aromatic nitrogens is 1. The number of halogens is 1. The third-order valence-electron chi connectivity index (χ3n) is 4.06. The highest BCUT2D eigenvalue weighted by Gasteiger charge is 2.12. The lowest BCUT2D eigenvalue weighted by atomic mass is 10.2. The van der Waals surface area contributed by atoms with E-state index in [-0.39, 0.29) is 5.91 Å². The summed E-state index contributed by atoms with van der Waals surface area (Å²) in [5.41, 5.74) is 3.52. The van der Waals surface area contributed by atoms with Crippen LogP contribution in [0.3, 0.4) is 0 Å². The first-order chi connectivity index (χ1) is 13.5. The molecule has 0 fully saturated rings. The summed E-state index contributed by atoms with van der Waals surface area (Å²) < 4.78 is 10.6. The smallest absolute Gasteiger partial charge is 0.274 e. The summed E-state index contributed by atoms with van der Waals surface area (Å²) in [6.45, 7) is 1.99. The molecule has 3 rings (SSSR count). The van der Waals surface area contributed by atoms with Crippen LogP contribution in [0.25, 0.3) is 0 Å². The van der Waals surface area contributed by atoms with Crippen molar-refractivity contribution in [2.75, 3.05) is 24.9 Å². The molecule has 2 N–H and O–H groups in total. The Morgan fingerprint density at radius 1 is 0.964 bits per heavy atom. The van der Waals surface area contributed by atoms with E-state index in [0.717, 1.165) is 11.3 Å². The van der Waals surface area contributed by atoms with Crippen molar-refractivity contribution >= 4 is 34.6 Å². The minimum Gasteiger partial charge on any atom is -0.495 e. The van der Waals surface area contributed by atoms with Gasteiger partial charge in [0, 0.05) is 17.8 Å². The number of aryl methyl sites for hydroxylation is 1. The predicted octanol–water partition coefficient (Wildman–Crippen LogP) is 5.06. The lowest BCUT2D eigenvalue weighted by Gasteiger charge is -2.14. The largest absolute Gasteiger partial charge is 0.495 e. The number of carbonyl (C=O) groups excluding carboxylic acids is 1. The molecular formula is C21H20ClN3O3. The van der Waals surface area contributed by atoms with Crippen LogP contribution in [0.1, 0.15) is 16.1 Å². The number of hydrogen-bond acceptors (Lipinski definition) is 5. The third-order valence-corrected chi connectivity index (χ3v) is 4.35. The summed E-state index contributed by atoms with van der Waals surface area (Å²) in [7, 11) is 3.10. The normalized spacial score (nSPS) is 10.3. The summed E-state index contributed by atoms with van der Waals surface area (Å²) in [5, 5.41) is 6.46. The molecule has 0 aliphatic carbocycles. The van der Waals surface area contributed by atoms with Crippen LogP contribution in [0.15, 0.2) is 54.7 Å². The number of rotatable bonds is 6. The molecule has 0 saturated carbocycles. The minimum absolute atomic E-state index is 0.277. The molecule has 0 saturated heterocycles. The second kappa shape index (κ2) is 8.63. The Morgan fingerprint density at radius 2 is 1.64 bits per heavy atom.